The van der Waals surface area contributed by atoms with E-state index in [1.165, 1.54) is 6.92 Å². The van der Waals surface area contributed by atoms with Crippen molar-refractivity contribution in [3.63, 3.8) is 0 Å². The second-order valence-corrected chi connectivity index (χ2v) is 6.49. The van der Waals surface area contributed by atoms with Gasteiger partial charge in [-0.3, -0.25) is 9.59 Å². The molecule has 5 nitrogen and oxygen atoms in total. The number of carbonyl (C=O) groups is 2. The molecule has 0 aliphatic heterocycles. The molecule has 0 atom stereocenters. The van der Waals surface area contributed by atoms with Crippen molar-refractivity contribution in [2.24, 2.45) is 0 Å². The zero-order valence-electron chi connectivity index (χ0n) is 16.0. The lowest BCUT2D eigenvalue weighted by molar-refractivity contribution is -0.119. The lowest BCUT2D eigenvalue weighted by Gasteiger charge is -2.22. The van der Waals surface area contributed by atoms with Crippen molar-refractivity contribution in [1.29, 1.82) is 0 Å². The molecule has 0 aliphatic carbocycles. The molecule has 0 fully saturated rings. The van der Waals surface area contributed by atoms with E-state index in [4.69, 9.17) is 0 Å². The van der Waals surface area contributed by atoms with Crippen LogP contribution in [-0.2, 0) is 17.9 Å². The second-order valence-electron chi connectivity index (χ2n) is 6.49. The molecular weight excluding hydrogens is 326 g/mol. The monoisotopic (exact) mass is 353 g/mol. The topological polar surface area (TPSA) is 52.6 Å². The number of benzene rings is 2. The van der Waals surface area contributed by atoms with Gasteiger partial charge in [0.25, 0.3) is 5.91 Å². The number of nitrogens with one attached hydrogen (secondary N) is 1. The predicted octanol–water partition coefficient (Wildman–Crippen LogP) is 3.05. The van der Waals surface area contributed by atoms with Crippen molar-refractivity contribution in [3.05, 3.63) is 65.2 Å². The summed E-state index contributed by atoms with van der Waals surface area (Å²) in [5, 5.41) is 2.75. The van der Waals surface area contributed by atoms with E-state index in [-0.39, 0.29) is 11.8 Å². The van der Waals surface area contributed by atoms with Gasteiger partial charge >= 0.3 is 0 Å². The van der Waals surface area contributed by atoms with E-state index in [9.17, 15) is 9.59 Å². The smallest absolute Gasteiger partial charge is 0.254 e. The van der Waals surface area contributed by atoms with Gasteiger partial charge in [0.05, 0.1) is 0 Å². The van der Waals surface area contributed by atoms with Crippen LogP contribution in [0.4, 0.5) is 5.69 Å². The molecule has 2 aromatic carbocycles. The highest BCUT2D eigenvalue weighted by molar-refractivity contribution is 5.94. The van der Waals surface area contributed by atoms with Crippen LogP contribution >= 0.6 is 0 Å². The maximum atomic E-state index is 12.8. The number of rotatable bonds is 7. The minimum absolute atomic E-state index is 0.00950. The zero-order valence-corrected chi connectivity index (χ0v) is 16.0. The first-order valence-corrected chi connectivity index (χ1v) is 8.79. The Labute approximate surface area is 155 Å². The highest BCUT2D eigenvalue weighted by Gasteiger charge is 2.14. The van der Waals surface area contributed by atoms with E-state index < -0.39 is 0 Å². The van der Waals surface area contributed by atoms with Gasteiger partial charge in [-0.1, -0.05) is 24.3 Å². The first kappa shape index (κ1) is 19.5. The first-order chi connectivity index (χ1) is 12.4. The summed E-state index contributed by atoms with van der Waals surface area (Å²) >= 11 is 0. The Balaban J connectivity index is 2.04. The molecule has 0 heterocycles. The largest absolute Gasteiger partial charge is 0.378 e. The number of carbonyl (C=O) groups excluding carboxylic acids is 2. The summed E-state index contributed by atoms with van der Waals surface area (Å²) in [4.78, 5) is 27.6. The molecule has 0 radical (unpaired) electrons. The summed E-state index contributed by atoms with van der Waals surface area (Å²) < 4.78 is 0. The van der Waals surface area contributed by atoms with Crippen molar-refractivity contribution in [2.45, 2.75) is 26.9 Å². The fraction of sp³-hybridized carbons (Fsp3) is 0.333. The van der Waals surface area contributed by atoms with Gasteiger partial charge in [0.15, 0.2) is 0 Å². The summed E-state index contributed by atoms with van der Waals surface area (Å²) in [6, 6.07) is 15.6. The molecule has 0 saturated heterocycles. The summed E-state index contributed by atoms with van der Waals surface area (Å²) in [5.41, 5.74) is 3.87. The molecule has 2 amide bonds. The third kappa shape index (κ3) is 5.34. The zero-order chi connectivity index (χ0) is 19.1. The second kappa shape index (κ2) is 9.04. The summed E-state index contributed by atoms with van der Waals surface area (Å²) in [6.07, 6.45) is 0. The first-order valence-electron chi connectivity index (χ1n) is 8.79. The molecule has 0 aromatic heterocycles. The van der Waals surface area contributed by atoms with E-state index in [1.807, 2.05) is 50.2 Å². The Morgan fingerprint density at radius 2 is 1.50 bits per heavy atom. The molecule has 2 aromatic rings. The van der Waals surface area contributed by atoms with Crippen LogP contribution in [0.25, 0.3) is 0 Å². The Kier molecular flexibility index (Phi) is 6.78. The van der Waals surface area contributed by atoms with E-state index >= 15 is 0 Å². The molecule has 0 spiro atoms. The van der Waals surface area contributed by atoms with E-state index in [0.29, 0.717) is 25.2 Å². The van der Waals surface area contributed by atoms with Crippen molar-refractivity contribution in [2.75, 3.05) is 25.5 Å². The Morgan fingerprint density at radius 3 is 2.00 bits per heavy atom. The van der Waals surface area contributed by atoms with Gasteiger partial charge in [-0.15, -0.1) is 0 Å². The van der Waals surface area contributed by atoms with E-state index in [2.05, 4.69) is 34.5 Å². The van der Waals surface area contributed by atoms with Crippen molar-refractivity contribution < 1.29 is 9.59 Å². The van der Waals surface area contributed by atoms with Crippen LogP contribution < -0.4 is 10.2 Å². The lowest BCUT2D eigenvalue weighted by atomic mass is 10.1. The number of nitrogens with zero attached hydrogens (tertiary/aromatic N) is 2. The molecule has 0 aliphatic rings. The molecular formula is C21H27N3O2. The van der Waals surface area contributed by atoms with E-state index in [1.54, 1.807) is 0 Å². The molecule has 2 rings (SSSR count). The van der Waals surface area contributed by atoms with Crippen LogP contribution in [0.3, 0.4) is 0 Å². The van der Waals surface area contributed by atoms with Gasteiger partial charge in [0, 0.05) is 51.9 Å². The Morgan fingerprint density at radius 1 is 0.923 bits per heavy atom. The third-order valence-corrected chi connectivity index (χ3v) is 4.24. The van der Waals surface area contributed by atoms with Crippen LogP contribution in [-0.4, -0.2) is 37.4 Å². The normalized spacial score (nSPS) is 10.3. The Hall–Kier alpha value is -2.82. The van der Waals surface area contributed by atoms with Crippen LogP contribution in [0.5, 0.6) is 0 Å². The number of amides is 2. The van der Waals surface area contributed by atoms with Gasteiger partial charge < -0.3 is 15.1 Å². The minimum Gasteiger partial charge on any atom is -0.378 e. The quantitative estimate of drug-likeness (QED) is 0.832. The van der Waals surface area contributed by atoms with Gasteiger partial charge in [0.2, 0.25) is 5.91 Å². The maximum absolute atomic E-state index is 12.8. The minimum atomic E-state index is -0.0670. The van der Waals surface area contributed by atoms with E-state index in [0.717, 1.165) is 16.8 Å². The third-order valence-electron chi connectivity index (χ3n) is 4.24. The van der Waals surface area contributed by atoms with Crippen molar-refractivity contribution in [3.8, 4) is 0 Å². The Bertz CT molecular complexity index is 737. The molecule has 26 heavy (non-hydrogen) atoms. The van der Waals surface area contributed by atoms with Gasteiger partial charge in [0.1, 0.15) is 0 Å². The van der Waals surface area contributed by atoms with Gasteiger partial charge in [-0.05, 0) is 42.3 Å². The number of hydrogen-bond acceptors (Lipinski definition) is 3. The van der Waals surface area contributed by atoms with Gasteiger partial charge in [-0.25, -0.2) is 0 Å². The van der Waals surface area contributed by atoms with Crippen LogP contribution in [0, 0.1) is 0 Å². The number of hydrogen-bond donors (Lipinski definition) is 1. The lowest BCUT2D eigenvalue weighted by Crippen LogP contribution is -2.30. The average molecular weight is 353 g/mol. The van der Waals surface area contributed by atoms with Gasteiger partial charge in [-0.2, -0.15) is 0 Å². The van der Waals surface area contributed by atoms with Crippen molar-refractivity contribution >= 4 is 17.5 Å². The molecule has 138 valence electrons. The fourth-order valence-electron chi connectivity index (χ4n) is 2.62. The maximum Gasteiger partial charge on any atom is 0.254 e. The molecule has 1 N–H and O–H groups in total. The summed E-state index contributed by atoms with van der Waals surface area (Å²) in [5.74, 6) is -0.0575. The fourth-order valence-corrected chi connectivity index (χ4v) is 2.62. The highest BCUT2D eigenvalue weighted by atomic mass is 16.2. The molecule has 0 unspecified atom stereocenters. The standard InChI is InChI=1S/C21H27N3O2/c1-5-24(15-18-8-12-20(13-9-18)23(3)4)21(26)19-10-6-17(7-11-19)14-22-16(2)25/h6-13H,5,14-15H2,1-4H3,(H,22,25). The number of anilines is 1. The summed E-state index contributed by atoms with van der Waals surface area (Å²) in [6.45, 7) is 5.16. The average Bonchev–Trinajstić information content (AvgIpc) is 2.64. The SMILES string of the molecule is CCN(Cc1ccc(N(C)C)cc1)C(=O)c1ccc(CNC(C)=O)cc1. The molecule has 0 bridgehead atoms. The predicted molar refractivity (Wildman–Crippen MR) is 105 cm³/mol. The van der Waals surface area contributed by atoms with Crippen molar-refractivity contribution in [1.82, 2.24) is 10.2 Å². The van der Waals surface area contributed by atoms with Crippen LogP contribution in [0.2, 0.25) is 0 Å². The molecule has 5 heteroatoms. The van der Waals surface area contributed by atoms with Crippen LogP contribution in [0.1, 0.15) is 35.3 Å². The highest BCUT2D eigenvalue weighted by Crippen LogP contribution is 2.15. The van der Waals surface area contributed by atoms with Crippen LogP contribution in [0.15, 0.2) is 48.5 Å². The molecule has 0 saturated carbocycles. The summed E-state index contributed by atoms with van der Waals surface area (Å²) in [7, 11) is 4.01.